The molecule has 1 amide bonds. The number of nitrogens with zero attached hydrogens (tertiary/aromatic N) is 2. The molecule has 0 aromatic heterocycles. The first-order valence-corrected chi connectivity index (χ1v) is 6.70. The molecule has 19 heavy (non-hydrogen) atoms. The lowest BCUT2D eigenvalue weighted by Gasteiger charge is -2.39. The summed E-state index contributed by atoms with van der Waals surface area (Å²) in [7, 11) is 0. The van der Waals surface area contributed by atoms with Crippen LogP contribution < -0.4 is 5.32 Å². The maximum absolute atomic E-state index is 13.3. The fourth-order valence-electron chi connectivity index (χ4n) is 2.81. The minimum absolute atomic E-state index is 0.149. The van der Waals surface area contributed by atoms with Gasteiger partial charge in [0.15, 0.2) is 5.41 Å². The summed E-state index contributed by atoms with van der Waals surface area (Å²) < 4.78 is 39.8. The van der Waals surface area contributed by atoms with Crippen LogP contribution in [0, 0.1) is 5.41 Å². The first-order chi connectivity index (χ1) is 8.90. The van der Waals surface area contributed by atoms with E-state index in [4.69, 9.17) is 0 Å². The van der Waals surface area contributed by atoms with Gasteiger partial charge < -0.3 is 15.1 Å². The zero-order valence-electron chi connectivity index (χ0n) is 11.1. The number of hydrogen-bond acceptors (Lipinski definition) is 3. The molecule has 1 unspecified atom stereocenters. The van der Waals surface area contributed by atoms with Crippen LogP contribution in [-0.2, 0) is 4.79 Å². The van der Waals surface area contributed by atoms with Crippen LogP contribution in [0.2, 0.25) is 0 Å². The Labute approximate surface area is 110 Å². The Morgan fingerprint density at radius 3 is 2.32 bits per heavy atom. The largest absolute Gasteiger partial charge is 0.404 e. The fraction of sp³-hybridized carbons (Fsp3) is 0.917. The second-order valence-electron chi connectivity index (χ2n) is 5.23. The van der Waals surface area contributed by atoms with Crippen molar-refractivity contribution in [1.82, 2.24) is 15.1 Å². The molecule has 2 aliphatic rings. The Balaban J connectivity index is 2.09. The molecule has 0 spiro atoms. The third kappa shape index (κ3) is 2.58. The normalized spacial score (nSPS) is 29.8. The van der Waals surface area contributed by atoms with E-state index in [0.29, 0.717) is 26.2 Å². The summed E-state index contributed by atoms with van der Waals surface area (Å²) in [6.45, 7) is 4.94. The zero-order valence-corrected chi connectivity index (χ0v) is 11.1. The van der Waals surface area contributed by atoms with Gasteiger partial charge in [-0.2, -0.15) is 13.2 Å². The lowest BCUT2D eigenvalue weighted by molar-refractivity contribution is -0.222. The van der Waals surface area contributed by atoms with Gasteiger partial charge in [0, 0.05) is 32.7 Å². The molecule has 7 heteroatoms. The number of carbonyl (C=O) groups excluding carboxylic acids is 1. The molecule has 0 aromatic rings. The zero-order chi connectivity index (χ0) is 14.1. The number of hydrogen-bond donors (Lipinski definition) is 1. The van der Waals surface area contributed by atoms with Gasteiger partial charge >= 0.3 is 6.18 Å². The minimum Gasteiger partial charge on any atom is -0.339 e. The molecule has 0 saturated carbocycles. The third-order valence-corrected chi connectivity index (χ3v) is 4.21. The molecule has 4 nitrogen and oxygen atoms in total. The van der Waals surface area contributed by atoms with Gasteiger partial charge in [-0.3, -0.25) is 4.79 Å². The summed E-state index contributed by atoms with van der Waals surface area (Å²) in [5.74, 6) is -0.749. The van der Waals surface area contributed by atoms with E-state index in [1.807, 2.05) is 6.92 Å². The van der Waals surface area contributed by atoms with Gasteiger partial charge in [0.25, 0.3) is 0 Å². The van der Waals surface area contributed by atoms with Crippen LogP contribution in [0.4, 0.5) is 13.2 Å². The van der Waals surface area contributed by atoms with Crippen molar-refractivity contribution in [3.05, 3.63) is 0 Å². The van der Waals surface area contributed by atoms with Crippen LogP contribution in [0.25, 0.3) is 0 Å². The van der Waals surface area contributed by atoms with E-state index in [9.17, 15) is 18.0 Å². The molecule has 0 bridgehead atoms. The van der Waals surface area contributed by atoms with Gasteiger partial charge in [0.05, 0.1) is 0 Å². The summed E-state index contributed by atoms with van der Waals surface area (Å²) in [4.78, 5) is 15.8. The van der Waals surface area contributed by atoms with Crippen LogP contribution in [0.5, 0.6) is 0 Å². The Hall–Kier alpha value is -0.820. The van der Waals surface area contributed by atoms with Gasteiger partial charge in [0.1, 0.15) is 0 Å². The summed E-state index contributed by atoms with van der Waals surface area (Å²) in [5, 5.41) is 2.68. The van der Waals surface area contributed by atoms with Crippen LogP contribution in [0.3, 0.4) is 0 Å². The van der Waals surface area contributed by atoms with Gasteiger partial charge in [0.2, 0.25) is 5.91 Å². The van der Waals surface area contributed by atoms with E-state index < -0.39 is 17.5 Å². The highest BCUT2D eigenvalue weighted by atomic mass is 19.4. The average molecular weight is 279 g/mol. The number of amides is 1. The summed E-state index contributed by atoms with van der Waals surface area (Å²) in [6, 6.07) is 0. The summed E-state index contributed by atoms with van der Waals surface area (Å²) in [6.07, 6.45) is -4.63. The number of piperazine rings is 1. The fourth-order valence-corrected chi connectivity index (χ4v) is 2.81. The van der Waals surface area contributed by atoms with Gasteiger partial charge in [-0.15, -0.1) is 0 Å². The molecule has 110 valence electrons. The number of likely N-dealkylation sites (N-methyl/N-ethyl adjacent to an activating group) is 1. The molecule has 2 aliphatic heterocycles. The van der Waals surface area contributed by atoms with Crippen molar-refractivity contribution in [3.8, 4) is 0 Å². The van der Waals surface area contributed by atoms with Crippen molar-refractivity contribution in [2.45, 2.75) is 19.5 Å². The van der Waals surface area contributed by atoms with Crippen LogP contribution in [-0.4, -0.2) is 67.7 Å². The van der Waals surface area contributed by atoms with Crippen molar-refractivity contribution < 1.29 is 18.0 Å². The third-order valence-electron chi connectivity index (χ3n) is 4.21. The van der Waals surface area contributed by atoms with E-state index in [2.05, 4.69) is 10.2 Å². The highest BCUT2D eigenvalue weighted by Gasteiger charge is 2.62. The number of alkyl halides is 3. The lowest BCUT2D eigenvalue weighted by atomic mass is 9.84. The van der Waals surface area contributed by atoms with Crippen LogP contribution in [0.15, 0.2) is 0 Å². The molecule has 2 fully saturated rings. The molecular formula is C12H20F3N3O. The second kappa shape index (κ2) is 5.28. The van der Waals surface area contributed by atoms with Crippen LogP contribution in [0.1, 0.15) is 13.3 Å². The van der Waals surface area contributed by atoms with Crippen molar-refractivity contribution in [3.63, 3.8) is 0 Å². The molecule has 2 rings (SSSR count). The molecule has 1 atom stereocenters. The molecule has 2 saturated heterocycles. The Bertz CT molecular complexity index is 332. The number of carbonyl (C=O) groups is 1. The molecule has 2 heterocycles. The summed E-state index contributed by atoms with van der Waals surface area (Å²) in [5.41, 5.74) is -2.21. The van der Waals surface area contributed by atoms with E-state index >= 15 is 0 Å². The van der Waals surface area contributed by atoms with Gasteiger partial charge in [-0.1, -0.05) is 6.92 Å². The lowest BCUT2D eigenvalue weighted by Crippen LogP contribution is -2.58. The number of halogens is 3. The van der Waals surface area contributed by atoms with Crippen molar-refractivity contribution in [2.24, 2.45) is 5.41 Å². The average Bonchev–Trinajstić information content (AvgIpc) is 2.88. The minimum atomic E-state index is -4.48. The topological polar surface area (TPSA) is 35.6 Å². The van der Waals surface area contributed by atoms with E-state index in [1.165, 1.54) is 4.90 Å². The standard InChI is InChI=1S/C12H20F3N3O/c1-2-17-5-7-18(8-6-17)10(19)11(12(13,14)15)3-4-16-9-11/h16H,2-9H2,1H3. The molecule has 0 aromatic carbocycles. The molecule has 0 radical (unpaired) electrons. The van der Waals surface area contributed by atoms with Gasteiger partial charge in [-0.25, -0.2) is 0 Å². The highest BCUT2D eigenvalue weighted by molar-refractivity contribution is 5.84. The molecule has 1 N–H and O–H groups in total. The van der Waals surface area contributed by atoms with E-state index in [-0.39, 0.29) is 19.5 Å². The predicted molar refractivity (Wildman–Crippen MR) is 64.7 cm³/mol. The first kappa shape index (κ1) is 14.6. The second-order valence-corrected chi connectivity index (χ2v) is 5.23. The van der Waals surface area contributed by atoms with E-state index in [0.717, 1.165) is 6.54 Å². The van der Waals surface area contributed by atoms with Crippen molar-refractivity contribution in [1.29, 1.82) is 0 Å². The number of rotatable bonds is 2. The monoisotopic (exact) mass is 279 g/mol. The van der Waals surface area contributed by atoms with Gasteiger partial charge in [-0.05, 0) is 19.5 Å². The maximum atomic E-state index is 13.3. The molecular weight excluding hydrogens is 259 g/mol. The Kier molecular flexibility index (Phi) is 4.06. The van der Waals surface area contributed by atoms with Crippen molar-refractivity contribution >= 4 is 5.91 Å². The smallest absolute Gasteiger partial charge is 0.339 e. The SMILES string of the molecule is CCN1CCN(C(=O)C2(C(F)(F)F)CCNC2)CC1. The van der Waals surface area contributed by atoms with Crippen molar-refractivity contribution in [2.75, 3.05) is 45.8 Å². The molecule has 0 aliphatic carbocycles. The quantitative estimate of drug-likeness (QED) is 0.808. The van der Waals surface area contributed by atoms with E-state index in [1.54, 1.807) is 0 Å². The Morgan fingerprint density at radius 2 is 1.89 bits per heavy atom. The highest BCUT2D eigenvalue weighted by Crippen LogP contribution is 2.44. The maximum Gasteiger partial charge on any atom is 0.404 e. The number of nitrogens with one attached hydrogen (secondary N) is 1. The van der Waals surface area contributed by atoms with Crippen LogP contribution >= 0.6 is 0 Å². The first-order valence-electron chi connectivity index (χ1n) is 6.70. The Morgan fingerprint density at radius 1 is 1.26 bits per heavy atom. The predicted octanol–water partition coefficient (Wildman–Crippen LogP) is 0.692. The summed E-state index contributed by atoms with van der Waals surface area (Å²) >= 11 is 0.